The van der Waals surface area contributed by atoms with Gasteiger partial charge in [0.1, 0.15) is 0 Å². The Morgan fingerprint density at radius 3 is 2.88 bits per heavy atom. The Hall–Kier alpha value is -1.73. The normalized spacial score (nSPS) is 11.9. The van der Waals surface area contributed by atoms with Crippen LogP contribution in [-0.2, 0) is 18.4 Å². The first-order valence-corrected chi connectivity index (χ1v) is 5.14. The van der Waals surface area contributed by atoms with Crippen LogP contribution in [-0.4, -0.2) is 16.5 Å². The number of carbonyl (C=O) groups excluding carboxylic acids is 1. The van der Waals surface area contributed by atoms with Crippen molar-refractivity contribution in [3.63, 3.8) is 0 Å². The van der Waals surface area contributed by atoms with Crippen LogP contribution in [0.2, 0.25) is 0 Å². The average molecular weight is 219 g/mol. The average Bonchev–Trinajstić information content (AvgIpc) is 2.57. The van der Waals surface area contributed by atoms with E-state index in [0.717, 1.165) is 11.4 Å². The number of nitrogens with two attached hydrogens (primary N) is 1. The van der Waals surface area contributed by atoms with Crippen molar-refractivity contribution in [2.75, 3.05) is 0 Å². The van der Waals surface area contributed by atoms with Crippen molar-refractivity contribution in [2.24, 2.45) is 12.8 Å². The number of hydrogen-bond acceptors (Lipinski definition) is 2. The van der Waals surface area contributed by atoms with Crippen LogP contribution in [0.5, 0.6) is 0 Å². The van der Waals surface area contributed by atoms with E-state index in [4.69, 9.17) is 12.2 Å². The molecule has 0 aliphatic carbocycles. The predicted octanol–water partition coefficient (Wildman–Crippen LogP) is 0.300. The summed E-state index contributed by atoms with van der Waals surface area (Å²) in [6.45, 7) is 2.48. The van der Waals surface area contributed by atoms with Crippen molar-refractivity contribution in [3.8, 4) is 12.3 Å². The molecule has 1 amide bonds. The molecule has 1 unspecified atom stereocenters. The van der Waals surface area contributed by atoms with Gasteiger partial charge >= 0.3 is 0 Å². The fraction of sp³-hybridized carbons (Fsp3) is 0.417. The minimum Gasteiger partial charge on any atom is -0.350 e. The highest BCUT2D eigenvalue weighted by Gasteiger charge is 2.11. The largest absolute Gasteiger partial charge is 0.350 e. The van der Waals surface area contributed by atoms with Crippen LogP contribution in [0, 0.1) is 19.3 Å². The maximum atomic E-state index is 11.5. The van der Waals surface area contributed by atoms with Gasteiger partial charge in [0.2, 0.25) is 5.91 Å². The van der Waals surface area contributed by atoms with Gasteiger partial charge < -0.3 is 15.6 Å². The molecule has 1 rings (SSSR count). The molecule has 0 spiro atoms. The Balaban J connectivity index is 2.49. The molecule has 3 N–H and O–H groups in total. The smallest absolute Gasteiger partial charge is 0.238 e. The maximum absolute atomic E-state index is 11.5. The Kier molecular flexibility index (Phi) is 4.15. The second kappa shape index (κ2) is 5.38. The van der Waals surface area contributed by atoms with E-state index in [1.165, 1.54) is 0 Å². The number of nitrogens with zero attached hydrogens (tertiary/aromatic N) is 1. The highest BCUT2D eigenvalue weighted by molar-refractivity contribution is 5.81. The molecule has 0 fully saturated rings. The van der Waals surface area contributed by atoms with Crippen LogP contribution >= 0.6 is 0 Å². The van der Waals surface area contributed by atoms with Crippen molar-refractivity contribution in [1.29, 1.82) is 0 Å². The van der Waals surface area contributed by atoms with E-state index in [2.05, 4.69) is 11.2 Å². The molecule has 1 heterocycles. The molecule has 0 aromatic carbocycles. The van der Waals surface area contributed by atoms with Crippen LogP contribution in [0.1, 0.15) is 17.8 Å². The van der Waals surface area contributed by atoms with Crippen molar-refractivity contribution in [2.45, 2.75) is 25.9 Å². The Labute approximate surface area is 95.8 Å². The first-order valence-electron chi connectivity index (χ1n) is 5.14. The van der Waals surface area contributed by atoms with Crippen molar-refractivity contribution < 1.29 is 4.79 Å². The number of aromatic nitrogens is 1. The molecule has 0 aliphatic rings. The minimum absolute atomic E-state index is 0.211. The maximum Gasteiger partial charge on any atom is 0.238 e. The van der Waals surface area contributed by atoms with Gasteiger partial charge in [-0.15, -0.1) is 12.3 Å². The molecule has 0 bridgehead atoms. The molecule has 0 saturated heterocycles. The van der Waals surface area contributed by atoms with Crippen molar-refractivity contribution in [1.82, 2.24) is 9.88 Å². The second-order valence-corrected chi connectivity index (χ2v) is 3.76. The molecule has 1 aromatic rings. The fourth-order valence-corrected chi connectivity index (χ4v) is 1.37. The monoisotopic (exact) mass is 219 g/mol. The molecule has 1 aromatic heterocycles. The van der Waals surface area contributed by atoms with E-state index in [0.29, 0.717) is 6.54 Å². The Bertz CT molecular complexity index is 414. The van der Waals surface area contributed by atoms with Gasteiger partial charge in [-0.1, -0.05) is 0 Å². The third kappa shape index (κ3) is 2.88. The number of terminal acetylenes is 1. The highest BCUT2D eigenvalue weighted by atomic mass is 16.2. The summed E-state index contributed by atoms with van der Waals surface area (Å²) >= 11 is 0. The van der Waals surface area contributed by atoms with Gasteiger partial charge in [-0.05, 0) is 19.1 Å². The number of hydrogen-bond donors (Lipinski definition) is 2. The molecule has 4 heteroatoms. The first-order chi connectivity index (χ1) is 7.56. The molecule has 1 atom stereocenters. The van der Waals surface area contributed by atoms with Crippen LogP contribution in [0.3, 0.4) is 0 Å². The molecule has 0 saturated carbocycles. The van der Waals surface area contributed by atoms with E-state index in [-0.39, 0.29) is 12.3 Å². The minimum atomic E-state index is -0.619. The number of carbonyl (C=O) groups is 1. The molecule has 0 aliphatic heterocycles. The first kappa shape index (κ1) is 12.3. The van der Waals surface area contributed by atoms with Crippen molar-refractivity contribution in [3.05, 3.63) is 23.5 Å². The summed E-state index contributed by atoms with van der Waals surface area (Å²) in [5, 5.41) is 2.76. The van der Waals surface area contributed by atoms with Gasteiger partial charge in [0.05, 0.1) is 12.6 Å². The SMILES string of the molecule is C#CCC(N)C(=O)NCc1ccc(C)n1C. The molecular weight excluding hydrogens is 202 g/mol. The summed E-state index contributed by atoms with van der Waals surface area (Å²) in [5.41, 5.74) is 7.76. The van der Waals surface area contributed by atoms with Gasteiger partial charge in [-0.2, -0.15) is 0 Å². The third-order valence-electron chi connectivity index (χ3n) is 2.60. The lowest BCUT2D eigenvalue weighted by Crippen LogP contribution is -2.40. The summed E-state index contributed by atoms with van der Waals surface area (Å²) in [6.07, 6.45) is 5.35. The zero-order valence-electron chi connectivity index (χ0n) is 9.66. The van der Waals surface area contributed by atoms with Gasteiger partial charge in [-0.3, -0.25) is 4.79 Å². The van der Waals surface area contributed by atoms with E-state index >= 15 is 0 Å². The second-order valence-electron chi connectivity index (χ2n) is 3.76. The number of rotatable bonds is 4. The lowest BCUT2D eigenvalue weighted by Gasteiger charge is -2.10. The number of aryl methyl sites for hydroxylation is 1. The Morgan fingerprint density at radius 1 is 1.69 bits per heavy atom. The van der Waals surface area contributed by atoms with E-state index in [9.17, 15) is 4.79 Å². The zero-order valence-corrected chi connectivity index (χ0v) is 9.66. The summed E-state index contributed by atoms with van der Waals surface area (Å²) in [5.74, 6) is 2.16. The van der Waals surface area contributed by atoms with Crippen LogP contribution in [0.25, 0.3) is 0 Å². The van der Waals surface area contributed by atoms with Crippen LogP contribution in [0.4, 0.5) is 0 Å². The van der Waals surface area contributed by atoms with Crippen LogP contribution < -0.4 is 11.1 Å². The van der Waals surface area contributed by atoms with Gasteiger partial charge in [0, 0.05) is 24.9 Å². The standard InChI is InChI=1S/C12H17N3O/c1-4-5-11(13)12(16)14-8-10-7-6-9(2)15(10)3/h1,6-7,11H,5,8,13H2,2-3H3,(H,14,16). The molecule has 0 radical (unpaired) electrons. The number of nitrogens with one attached hydrogen (secondary N) is 1. The molecule has 16 heavy (non-hydrogen) atoms. The molecule has 4 nitrogen and oxygen atoms in total. The lowest BCUT2D eigenvalue weighted by atomic mass is 10.2. The Morgan fingerprint density at radius 2 is 2.38 bits per heavy atom. The fourth-order valence-electron chi connectivity index (χ4n) is 1.37. The topological polar surface area (TPSA) is 60.1 Å². The summed E-state index contributed by atoms with van der Waals surface area (Å²) in [4.78, 5) is 11.5. The predicted molar refractivity (Wildman–Crippen MR) is 63.4 cm³/mol. The van der Waals surface area contributed by atoms with E-state index in [1.54, 1.807) is 0 Å². The lowest BCUT2D eigenvalue weighted by molar-refractivity contribution is -0.122. The van der Waals surface area contributed by atoms with Gasteiger partial charge in [-0.25, -0.2) is 0 Å². The number of amides is 1. The summed E-state index contributed by atoms with van der Waals surface area (Å²) < 4.78 is 2.02. The third-order valence-corrected chi connectivity index (χ3v) is 2.60. The quantitative estimate of drug-likeness (QED) is 0.716. The summed E-state index contributed by atoms with van der Waals surface area (Å²) in [7, 11) is 1.96. The van der Waals surface area contributed by atoms with Gasteiger partial charge in [0.25, 0.3) is 0 Å². The highest BCUT2D eigenvalue weighted by Crippen LogP contribution is 2.05. The van der Waals surface area contributed by atoms with Crippen LogP contribution in [0.15, 0.2) is 12.1 Å². The van der Waals surface area contributed by atoms with E-state index < -0.39 is 6.04 Å². The van der Waals surface area contributed by atoms with Gasteiger partial charge in [0.15, 0.2) is 0 Å². The molecule has 86 valence electrons. The molecular formula is C12H17N3O. The summed E-state index contributed by atoms with van der Waals surface area (Å²) in [6, 6.07) is 3.36. The van der Waals surface area contributed by atoms with Crippen molar-refractivity contribution >= 4 is 5.91 Å². The van der Waals surface area contributed by atoms with E-state index in [1.807, 2.05) is 30.7 Å². The zero-order chi connectivity index (χ0) is 12.1.